The molecule has 2 aliphatic heterocycles. The van der Waals surface area contributed by atoms with Crippen molar-refractivity contribution in [3.63, 3.8) is 0 Å². The first kappa shape index (κ1) is 18.0. The maximum Gasteiger partial charge on any atom is 0.187 e. The molecule has 22 heavy (non-hydrogen) atoms. The van der Waals surface area contributed by atoms with Gasteiger partial charge in [0.15, 0.2) is 6.29 Å². The fourth-order valence-electron chi connectivity index (χ4n) is 2.75. The normalized spacial score (nSPS) is 53.5. The average molecular weight is 324 g/mol. The van der Waals surface area contributed by atoms with Gasteiger partial charge in [-0.25, -0.2) is 0 Å². The predicted molar refractivity (Wildman–Crippen MR) is 70.7 cm³/mol. The highest BCUT2D eigenvalue weighted by molar-refractivity contribution is 4.93. The lowest BCUT2D eigenvalue weighted by Crippen LogP contribution is -2.63. The van der Waals surface area contributed by atoms with E-state index in [0.717, 1.165) is 0 Å². The second-order valence-corrected chi connectivity index (χ2v) is 5.83. The van der Waals surface area contributed by atoms with Gasteiger partial charge in [-0.3, -0.25) is 0 Å². The predicted octanol–water partition coefficient (Wildman–Crippen LogP) is -3.30. The van der Waals surface area contributed by atoms with Crippen molar-refractivity contribution in [3.05, 3.63) is 0 Å². The van der Waals surface area contributed by atoms with E-state index >= 15 is 0 Å². The fraction of sp³-hybridized carbons (Fsp3) is 1.00. The first-order valence-corrected chi connectivity index (χ1v) is 7.25. The van der Waals surface area contributed by atoms with E-state index < -0.39 is 67.8 Å². The van der Waals surface area contributed by atoms with Crippen molar-refractivity contribution in [1.29, 1.82) is 0 Å². The number of rotatable bonds is 3. The van der Waals surface area contributed by atoms with Gasteiger partial charge in [0.05, 0.1) is 18.8 Å². The third-order valence-electron chi connectivity index (χ3n) is 4.20. The van der Waals surface area contributed by atoms with Crippen LogP contribution in [-0.4, -0.2) is 98.5 Å². The summed E-state index contributed by atoms with van der Waals surface area (Å²) in [6, 6.07) is 0. The quantitative estimate of drug-likeness (QED) is 0.314. The molecule has 9 nitrogen and oxygen atoms in total. The molecule has 0 radical (unpaired) electrons. The van der Waals surface area contributed by atoms with E-state index in [-0.39, 0.29) is 0 Å². The lowest BCUT2D eigenvalue weighted by Gasteiger charge is -2.45. The standard InChI is InChI=1S/C13H24O9/c1-4-7(15)9(17)11(19)13(21-4)22-12-5(2)20-6(3-14)8(16)10(12)18/h4-19H,3H2,1-2H3/t4?,5?,6?,7?,8-,9-,10+,11-,12-,13-/m0/s1. The topological polar surface area (TPSA) is 149 Å². The molecular weight excluding hydrogens is 300 g/mol. The highest BCUT2D eigenvalue weighted by Crippen LogP contribution is 2.28. The van der Waals surface area contributed by atoms with Gasteiger partial charge in [0.2, 0.25) is 0 Å². The minimum absolute atomic E-state index is 0.459. The molecule has 130 valence electrons. The Bertz CT molecular complexity index is 367. The van der Waals surface area contributed by atoms with Gasteiger partial charge in [0.25, 0.3) is 0 Å². The summed E-state index contributed by atoms with van der Waals surface area (Å²) in [5, 5.41) is 58.3. The van der Waals surface area contributed by atoms with Gasteiger partial charge in [0.1, 0.15) is 42.7 Å². The largest absolute Gasteiger partial charge is 0.394 e. The zero-order valence-electron chi connectivity index (χ0n) is 12.4. The first-order valence-electron chi connectivity index (χ1n) is 7.25. The molecule has 10 atom stereocenters. The second kappa shape index (κ2) is 7.04. The van der Waals surface area contributed by atoms with E-state index in [1.807, 2.05) is 0 Å². The number of aliphatic hydroxyl groups is 6. The maximum atomic E-state index is 10.1. The van der Waals surface area contributed by atoms with Crippen LogP contribution in [-0.2, 0) is 14.2 Å². The van der Waals surface area contributed by atoms with Gasteiger partial charge in [-0.05, 0) is 13.8 Å². The van der Waals surface area contributed by atoms with Crippen LogP contribution in [0.4, 0.5) is 0 Å². The second-order valence-electron chi connectivity index (χ2n) is 5.83. The third kappa shape index (κ3) is 3.28. The van der Waals surface area contributed by atoms with Crippen LogP contribution in [0, 0.1) is 0 Å². The van der Waals surface area contributed by atoms with Gasteiger partial charge >= 0.3 is 0 Å². The molecule has 0 spiro atoms. The molecule has 2 heterocycles. The van der Waals surface area contributed by atoms with Crippen LogP contribution in [0.3, 0.4) is 0 Å². The van der Waals surface area contributed by atoms with Crippen LogP contribution in [0.2, 0.25) is 0 Å². The average Bonchev–Trinajstić information content (AvgIpc) is 2.49. The lowest BCUT2D eigenvalue weighted by atomic mass is 9.95. The summed E-state index contributed by atoms with van der Waals surface area (Å²) in [6.07, 6.45) is -11.7. The molecule has 2 saturated heterocycles. The third-order valence-corrected chi connectivity index (χ3v) is 4.20. The Kier molecular flexibility index (Phi) is 5.75. The Hall–Kier alpha value is -0.360. The van der Waals surface area contributed by atoms with Crippen molar-refractivity contribution in [2.75, 3.05) is 6.61 Å². The van der Waals surface area contributed by atoms with E-state index in [4.69, 9.17) is 19.3 Å². The van der Waals surface area contributed by atoms with Gasteiger partial charge in [0, 0.05) is 0 Å². The van der Waals surface area contributed by atoms with E-state index in [9.17, 15) is 25.5 Å². The zero-order valence-corrected chi connectivity index (χ0v) is 12.4. The smallest absolute Gasteiger partial charge is 0.187 e. The highest BCUT2D eigenvalue weighted by Gasteiger charge is 2.48. The van der Waals surface area contributed by atoms with Gasteiger partial charge in [-0.1, -0.05) is 0 Å². The summed E-state index contributed by atoms with van der Waals surface area (Å²) in [5.74, 6) is 0. The maximum absolute atomic E-state index is 10.1. The van der Waals surface area contributed by atoms with Crippen LogP contribution < -0.4 is 0 Å². The highest BCUT2D eigenvalue weighted by atomic mass is 16.7. The van der Waals surface area contributed by atoms with Crippen molar-refractivity contribution in [2.24, 2.45) is 0 Å². The Labute approximate surface area is 127 Å². The van der Waals surface area contributed by atoms with Crippen LogP contribution in [0.5, 0.6) is 0 Å². The van der Waals surface area contributed by atoms with E-state index in [1.54, 1.807) is 6.92 Å². The Morgan fingerprint density at radius 2 is 1.41 bits per heavy atom. The monoisotopic (exact) mass is 324 g/mol. The van der Waals surface area contributed by atoms with E-state index in [2.05, 4.69) is 0 Å². The molecule has 0 aromatic carbocycles. The molecule has 0 saturated carbocycles. The van der Waals surface area contributed by atoms with E-state index in [1.165, 1.54) is 6.92 Å². The van der Waals surface area contributed by atoms with Crippen LogP contribution in [0.25, 0.3) is 0 Å². The van der Waals surface area contributed by atoms with Crippen molar-refractivity contribution in [3.8, 4) is 0 Å². The minimum Gasteiger partial charge on any atom is -0.394 e. The zero-order chi connectivity index (χ0) is 16.6. The number of aliphatic hydroxyl groups excluding tert-OH is 6. The molecule has 2 aliphatic rings. The fourth-order valence-corrected chi connectivity index (χ4v) is 2.75. The molecule has 2 rings (SSSR count). The summed E-state index contributed by atoms with van der Waals surface area (Å²) in [4.78, 5) is 0. The van der Waals surface area contributed by atoms with Gasteiger partial charge in [-0.2, -0.15) is 0 Å². The molecule has 0 aromatic heterocycles. The molecule has 0 aliphatic carbocycles. The van der Waals surface area contributed by atoms with Gasteiger partial charge in [-0.15, -0.1) is 0 Å². The molecule has 2 fully saturated rings. The Morgan fingerprint density at radius 1 is 0.773 bits per heavy atom. The van der Waals surface area contributed by atoms with Crippen molar-refractivity contribution in [2.45, 2.75) is 75.1 Å². The number of hydrogen-bond acceptors (Lipinski definition) is 9. The summed E-state index contributed by atoms with van der Waals surface area (Å²) in [7, 11) is 0. The number of hydrogen-bond donors (Lipinski definition) is 6. The molecule has 6 N–H and O–H groups in total. The van der Waals surface area contributed by atoms with E-state index in [0.29, 0.717) is 0 Å². The molecule has 0 aromatic rings. The lowest BCUT2D eigenvalue weighted by molar-refractivity contribution is -0.335. The minimum atomic E-state index is -1.52. The summed E-state index contributed by atoms with van der Waals surface area (Å²) in [6.45, 7) is 2.62. The van der Waals surface area contributed by atoms with Crippen LogP contribution in [0.1, 0.15) is 13.8 Å². The Balaban J connectivity index is 2.06. The molecule has 4 unspecified atom stereocenters. The van der Waals surface area contributed by atoms with Crippen LogP contribution in [0.15, 0.2) is 0 Å². The molecule has 0 bridgehead atoms. The van der Waals surface area contributed by atoms with Gasteiger partial charge < -0.3 is 44.8 Å². The van der Waals surface area contributed by atoms with Crippen molar-refractivity contribution < 1.29 is 44.8 Å². The van der Waals surface area contributed by atoms with Crippen molar-refractivity contribution >= 4 is 0 Å². The van der Waals surface area contributed by atoms with Crippen molar-refractivity contribution in [1.82, 2.24) is 0 Å². The summed E-state index contributed by atoms with van der Waals surface area (Å²) in [5.41, 5.74) is 0. The molecular formula is C13H24O9. The molecule has 0 amide bonds. The SMILES string of the molecule is CC1O[C@@H](O[C@H]2C(C)OC(CO)[C@H](O)[C@H]2O)[C@@H](O)[C@@H](O)C1O. The summed E-state index contributed by atoms with van der Waals surface area (Å²) >= 11 is 0. The Morgan fingerprint density at radius 3 is 2.00 bits per heavy atom. The van der Waals surface area contributed by atoms with Crippen LogP contribution >= 0.6 is 0 Å². The molecule has 9 heteroatoms. The number of ether oxygens (including phenoxy) is 3. The summed E-state index contributed by atoms with van der Waals surface area (Å²) < 4.78 is 16.1. The first-order chi connectivity index (χ1) is 10.3.